The Morgan fingerprint density at radius 1 is 0.865 bits per heavy atom. The van der Waals surface area contributed by atoms with E-state index in [4.69, 9.17) is 4.74 Å². The number of likely N-dealkylation sites (N-methyl/N-ethyl adjacent to an activating group) is 1. The molecule has 0 saturated heterocycles. The van der Waals surface area contributed by atoms with Gasteiger partial charge in [0.15, 0.2) is 0 Å². The molecule has 5 atom stereocenters. The number of carbonyl (C=O) groups is 4. The highest BCUT2D eigenvalue weighted by Gasteiger charge is 2.36. The maximum absolute atomic E-state index is 13.8. The van der Waals surface area contributed by atoms with Crippen LogP contribution in [-0.4, -0.2) is 109 Å². The second-order valence-corrected chi connectivity index (χ2v) is 16.1. The van der Waals surface area contributed by atoms with E-state index < -0.39 is 75.3 Å². The number of carbonyl (C=O) groups excluding carboxylic acids is 3. The summed E-state index contributed by atoms with van der Waals surface area (Å²) in [6.07, 6.45) is -0.779. The average molecular weight is 740 g/mol. The van der Waals surface area contributed by atoms with Crippen molar-refractivity contribution in [3.8, 4) is 11.3 Å². The van der Waals surface area contributed by atoms with Crippen LogP contribution < -0.4 is 16.0 Å². The molecule has 2 aromatic carbocycles. The van der Waals surface area contributed by atoms with Crippen molar-refractivity contribution < 1.29 is 42.5 Å². The van der Waals surface area contributed by atoms with Crippen LogP contribution in [0.5, 0.6) is 0 Å². The number of carboxylic acid groups (broad SMARTS) is 1. The zero-order valence-corrected chi connectivity index (χ0v) is 31.1. The molecule has 0 aliphatic carbocycles. The van der Waals surface area contributed by atoms with Gasteiger partial charge in [0.05, 0.1) is 30.7 Å². The quantitative estimate of drug-likeness (QED) is 0.145. The Balaban J connectivity index is 1.98. The van der Waals surface area contributed by atoms with Gasteiger partial charge in [0.1, 0.15) is 21.9 Å². The summed E-state index contributed by atoms with van der Waals surface area (Å²) in [6.45, 7) is 5.33. The van der Waals surface area contributed by atoms with Crippen molar-refractivity contribution in [2.75, 3.05) is 26.2 Å². The lowest BCUT2D eigenvalue weighted by Gasteiger charge is -2.33. The molecule has 5 N–H and O–H groups in total. The van der Waals surface area contributed by atoms with Crippen molar-refractivity contribution in [3.05, 3.63) is 90.1 Å². The Hall–Kier alpha value is -5.02. The molecule has 52 heavy (non-hydrogen) atoms. The molecule has 1 aromatic heterocycles. The van der Waals surface area contributed by atoms with E-state index in [1.54, 1.807) is 57.3 Å². The fourth-order valence-electron chi connectivity index (χ4n) is 5.63. The molecule has 14 nitrogen and oxygen atoms in total. The molecule has 0 unspecified atom stereocenters. The van der Waals surface area contributed by atoms with E-state index in [1.165, 1.54) is 7.11 Å². The first-order chi connectivity index (χ1) is 24.4. The summed E-state index contributed by atoms with van der Waals surface area (Å²) in [5.74, 6) is -2.21. The molecule has 0 fully saturated rings. The molecule has 3 aromatic rings. The molecule has 0 saturated carbocycles. The third-order valence-electron chi connectivity index (χ3n) is 8.47. The van der Waals surface area contributed by atoms with E-state index in [0.717, 1.165) is 35.7 Å². The minimum absolute atomic E-state index is 0.0912. The Labute approximate surface area is 304 Å². The molecule has 4 amide bonds. The highest BCUT2D eigenvalue weighted by Crippen LogP contribution is 2.22. The van der Waals surface area contributed by atoms with E-state index in [1.807, 2.05) is 42.5 Å². The van der Waals surface area contributed by atoms with Crippen LogP contribution in [0.3, 0.4) is 0 Å². The summed E-state index contributed by atoms with van der Waals surface area (Å²) in [7, 11) is -1.51. The van der Waals surface area contributed by atoms with E-state index >= 15 is 0 Å². The van der Waals surface area contributed by atoms with Gasteiger partial charge in [-0.3, -0.25) is 19.5 Å². The van der Waals surface area contributed by atoms with Crippen molar-refractivity contribution in [1.82, 2.24) is 25.8 Å². The normalized spacial score (nSPS) is 14.5. The van der Waals surface area contributed by atoms with Crippen LogP contribution in [0.2, 0.25) is 0 Å². The number of pyridine rings is 1. The lowest BCUT2D eigenvalue weighted by atomic mass is 9.85. The Bertz CT molecular complexity index is 1750. The predicted octanol–water partition coefficient (Wildman–Crippen LogP) is 3.05. The van der Waals surface area contributed by atoms with Gasteiger partial charge in [-0.2, -0.15) is 0 Å². The fraction of sp³-hybridized carbons (Fsp3) is 0.432. The number of rotatable bonds is 16. The standard InChI is InChI=1S/C37H49N5O9S/c1-37(2,3)32(41-35(46)51-5)34(45)39-27(20-25-15-17-26(18-16-25)28-14-10-11-19-38-28)22-31(43)29(21-24-12-8-7-9-13-24)40-33(44)30(23-52(6,49)50)42(4)36(47)48/h7-19,27,29-32,43H,20-23H2,1-6H3,(H,39,45)(H,40,44)(H,41,46)(H,47,48)/t27-,29-,30-,31-,32+/m0/s1. The number of ether oxygens (including phenoxy) is 1. The molecule has 0 bridgehead atoms. The van der Waals surface area contributed by atoms with Crippen LogP contribution in [0.1, 0.15) is 38.3 Å². The van der Waals surface area contributed by atoms with E-state index in [2.05, 4.69) is 20.9 Å². The first kappa shape index (κ1) is 41.4. The summed E-state index contributed by atoms with van der Waals surface area (Å²) in [5.41, 5.74) is 2.46. The number of amides is 4. The average Bonchev–Trinajstić information content (AvgIpc) is 3.08. The smallest absolute Gasteiger partial charge is 0.407 e. The summed E-state index contributed by atoms with van der Waals surface area (Å²) in [5, 5.41) is 29.7. The molecule has 15 heteroatoms. The number of benzene rings is 2. The monoisotopic (exact) mass is 739 g/mol. The molecular formula is C37H49N5O9S. The number of nitrogens with zero attached hydrogens (tertiary/aromatic N) is 2. The summed E-state index contributed by atoms with van der Waals surface area (Å²) in [4.78, 5) is 56.4. The van der Waals surface area contributed by atoms with Crippen LogP contribution in [0.25, 0.3) is 11.3 Å². The van der Waals surface area contributed by atoms with Crippen LogP contribution in [0.4, 0.5) is 9.59 Å². The van der Waals surface area contributed by atoms with Gasteiger partial charge < -0.3 is 30.9 Å². The van der Waals surface area contributed by atoms with E-state index in [0.29, 0.717) is 4.90 Å². The van der Waals surface area contributed by atoms with Crippen molar-refractivity contribution in [3.63, 3.8) is 0 Å². The van der Waals surface area contributed by atoms with Crippen molar-refractivity contribution in [1.29, 1.82) is 0 Å². The van der Waals surface area contributed by atoms with E-state index in [-0.39, 0.29) is 19.3 Å². The van der Waals surface area contributed by atoms with Crippen LogP contribution in [0, 0.1) is 5.41 Å². The number of hydrogen-bond donors (Lipinski definition) is 5. The zero-order valence-electron chi connectivity index (χ0n) is 30.3. The van der Waals surface area contributed by atoms with Crippen molar-refractivity contribution in [2.24, 2.45) is 5.41 Å². The maximum Gasteiger partial charge on any atom is 0.407 e. The van der Waals surface area contributed by atoms with Crippen LogP contribution in [0.15, 0.2) is 79.0 Å². The number of hydrogen-bond acceptors (Lipinski definition) is 9. The number of nitrogens with one attached hydrogen (secondary N) is 3. The van der Waals surface area contributed by atoms with E-state index in [9.17, 15) is 37.8 Å². The number of alkyl carbamates (subject to hydrolysis) is 1. The first-order valence-corrected chi connectivity index (χ1v) is 18.7. The number of sulfone groups is 1. The Kier molecular flexibility index (Phi) is 14.7. The largest absolute Gasteiger partial charge is 0.465 e. The molecule has 0 aliphatic rings. The second kappa shape index (κ2) is 18.5. The van der Waals surface area contributed by atoms with Gasteiger partial charge in [0.25, 0.3) is 0 Å². The fourth-order valence-corrected chi connectivity index (χ4v) is 6.58. The van der Waals surface area contributed by atoms with Gasteiger partial charge in [-0.05, 0) is 47.9 Å². The maximum atomic E-state index is 13.8. The van der Waals surface area contributed by atoms with Gasteiger partial charge in [-0.1, -0.05) is 81.4 Å². The van der Waals surface area contributed by atoms with Gasteiger partial charge in [0.2, 0.25) is 11.8 Å². The minimum atomic E-state index is -3.80. The topological polar surface area (TPSA) is 204 Å². The third-order valence-corrected chi connectivity index (χ3v) is 9.39. The predicted molar refractivity (Wildman–Crippen MR) is 196 cm³/mol. The van der Waals surface area contributed by atoms with Crippen molar-refractivity contribution in [2.45, 2.75) is 70.3 Å². The lowest BCUT2D eigenvalue weighted by molar-refractivity contribution is -0.128. The molecule has 0 spiro atoms. The van der Waals surface area contributed by atoms with Crippen LogP contribution >= 0.6 is 0 Å². The highest BCUT2D eigenvalue weighted by molar-refractivity contribution is 7.90. The second-order valence-electron chi connectivity index (χ2n) is 13.9. The summed E-state index contributed by atoms with van der Waals surface area (Å²) in [6, 6.07) is 17.7. The Morgan fingerprint density at radius 2 is 1.48 bits per heavy atom. The first-order valence-electron chi connectivity index (χ1n) is 16.7. The third kappa shape index (κ3) is 12.9. The molecule has 0 radical (unpaired) electrons. The minimum Gasteiger partial charge on any atom is -0.465 e. The number of aliphatic hydroxyl groups is 1. The molecule has 1 heterocycles. The zero-order chi connectivity index (χ0) is 38.6. The molecular weight excluding hydrogens is 691 g/mol. The Morgan fingerprint density at radius 3 is 2.02 bits per heavy atom. The highest BCUT2D eigenvalue weighted by atomic mass is 32.2. The molecule has 0 aliphatic heterocycles. The van der Waals surface area contributed by atoms with Crippen molar-refractivity contribution >= 4 is 33.8 Å². The molecule has 3 rings (SSSR count). The van der Waals surface area contributed by atoms with Gasteiger partial charge in [0, 0.05) is 31.1 Å². The summed E-state index contributed by atoms with van der Waals surface area (Å²) < 4.78 is 29.1. The number of aromatic nitrogens is 1. The van der Waals surface area contributed by atoms with Crippen LogP contribution in [-0.2, 0) is 37.0 Å². The summed E-state index contributed by atoms with van der Waals surface area (Å²) >= 11 is 0. The van der Waals surface area contributed by atoms with Gasteiger partial charge >= 0.3 is 12.2 Å². The SMILES string of the molecule is COC(=O)N[C@H](C(=O)N[C@@H](Cc1ccc(-c2ccccn2)cc1)C[C@H](O)[C@H](Cc1ccccc1)NC(=O)[C@H](CS(C)(=O)=O)N(C)C(=O)O)C(C)(C)C. The van der Waals surface area contributed by atoms with Gasteiger partial charge in [-0.15, -0.1) is 0 Å². The molecule has 282 valence electrons. The van der Waals surface area contributed by atoms with Gasteiger partial charge in [-0.25, -0.2) is 18.0 Å². The number of methoxy groups -OCH3 is 1. The number of aliphatic hydroxyl groups excluding tert-OH is 1. The lowest BCUT2D eigenvalue weighted by Crippen LogP contribution is -2.58.